The summed E-state index contributed by atoms with van der Waals surface area (Å²) in [7, 11) is 3.84. The van der Waals surface area contributed by atoms with Crippen molar-refractivity contribution in [3.8, 4) is 16.8 Å². The molecule has 1 saturated heterocycles. The molecule has 212 valence electrons. The molecule has 2 N–H and O–H groups in total. The maximum atomic E-state index is 14.4. The summed E-state index contributed by atoms with van der Waals surface area (Å²) in [4.78, 5) is 1.96. The van der Waals surface area contributed by atoms with E-state index < -0.39 is 17.8 Å². The Morgan fingerprint density at radius 2 is 1.90 bits per heavy atom. The Morgan fingerprint density at radius 1 is 1.12 bits per heavy atom. The van der Waals surface area contributed by atoms with E-state index in [9.17, 15) is 13.2 Å². The van der Waals surface area contributed by atoms with Gasteiger partial charge in [-0.2, -0.15) is 33.3 Å². The molecular formula is C27H32F3N9O. The van der Waals surface area contributed by atoms with E-state index in [1.54, 1.807) is 6.92 Å². The molecule has 4 aromatic rings. The van der Waals surface area contributed by atoms with Gasteiger partial charge in [0.15, 0.2) is 5.82 Å². The highest BCUT2D eigenvalue weighted by Gasteiger charge is 2.35. The van der Waals surface area contributed by atoms with Crippen molar-refractivity contribution in [2.75, 3.05) is 27.2 Å². The normalized spacial score (nSPS) is 16.9. The van der Waals surface area contributed by atoms with Crippen molar-refractivity contribution in [2.45, 2.75) is 51.1 Å². The van der Waals surface area contributed by atoms with Crippen LogP contribution in [-0.2, 0) is 23.9 Å². The molecule has 0 radical (unpaired) electrons. The number of aryl methyl sites for hydroxylation is 1. The quantitative estimate of drug-likeness (QED) is 0.320. The van der Waals surface area contributed by atoms with Crippen molar-refractivity contribution in [1.29, 1.82) is 0 Å². The first-order valence-electron chi connectivity index (χ1n) is 13.2. The van der Waals surface area contributed by atoms with E-state index in [4.69, 9.17) is 4.74 Å². The first-order valence-corrected chi connectivity index (χ1v) is 13.2. The molecule has 0 bridgehead atoms. The van der Waals surface area contributed by atoms with E-state index >= 15 is 0 Å². The second kappa shape index (κ2) is 11.8. The number of benzene rings is 2. The number of nitrogens with zero attached hydrogens (tertiary/aromatic N) is 7. The lowest BCUT2D eigenvalue weighted by molar-refractivity contribution is -0.137. The Balaban J connectivity index is 1.73. The van der Waals surface area contributed by atoms with Gasteiger partial charge in [-0.05, 0) is 74.1 Å². The molecule has 2 aromatic carbocycles. The summed E-state index contributed by atoms with van der Waals surface area (Å²) >= 11 is 0. The minimum absolute atomic E-state index is 0.181. The molecule has 0 spiro atoms. The van der Waals surface area contributed by atoms with Gasteiger partial charge in [-0.25, -0.2) is 0 Å². The molecule has 2 aromatic heterocycles. The summed E-state index contributed by atoms with van der Waals surface area (Å²) in [5.74, 6) is 0.362. The van der Waals surface area contributed by atoms with Crippen molar-refractivity contribution in [1.82, 2.24) is 45.8 Å². The Kier molecular flexibility index (Phi) is 8.24. The van der Waals surface area contributed by atoms with Crippen LogP contribution in [-0.4, -0.2) is 73.8 Å². The monoisotopic (exact) mass is 555 g/mol. The zero-order valence-corrected chi connectivity index (χ0v) is 22.6. The maximum absolute atomic E-state index is 14.4. The van der Waals surface area contributed by atoms with Crippen LogP contribution in [0.2, 0.25) is 0 Å². The highest BCUT2D eigenvalue weighted by molar-refractivity contribution is 5.77. The molecule has 3 heterocycles. The molecule has 13 heteroatoms. The number of tetrazole rings is 1. The van der Waals surface area contributed by atoms with Gasteiger partial charge in [-0.1, -0.05) is 30.3 Å². The van der Waals surface area contributed by atoms with Crippen molar-refractivity contribution >= 4 is 0 Å². The first-order chi connectivity index (χ1) is 19.2. The smallest absolute Gasteiger partial charge is 0.369 e. The number of alkyl halides is 3. The van der Waals surface area contributed by atoms with Crippen molar-refractivity contribution in [3.63, 3.8) is 0 Å². The molecule has 2 atom stereocenters. The third kappa shape index (κ3) is 6.21. The number of H-pyrrole nitrogens is 1. The molecule has 0 aliphatic carbocycles. The van der Waals surface area contributed by atoms with Crippen LogP contribution in [0.5, 0.6) is 0 Å². The molecule has 5 rings (SSSR count). The van der Waals surface area contributed by atoms with Crippen LogP contribution >= 0.6 is 0 Å². The fourth-order valence-electron chi connectivity index (χ4n) is 5.05. The number of nitrogens with one attached hydrogen (secondary N) is 2. The Hall–Kier alpha value is -3.68. The third-order valence-corrected chi connectivity index (χ3v) is 6.89. The molecule has 1 fully saturated rings. The summed E-state index contributed by atoms with van der Waals surface area (Å²) < 4.78 is 51.2. The summed E-state index contributed by atoms with van der Waals surface area (Å²) in [5, 5.41) is 26.4. The zero-order valence-electron chi connectivity index (χ0n) is 22.6. The first kappa shape index (κ1) is 27.9. The van der Waals surface area contributed by atoms with Crippen LogP contribution in [0.15, 0.2) is 42.5 Å². The van der Waals surface area contributed by atoms with E-state index in [2.05, 4.69) is 36.3 Å². The van der Waals surface area contributed by atoms with Gasteiger partial charge in [-0.15, -0.1) is 5.10 Å². The number of ether oxygens (including phenoxy) is 1. The van der Waals surface area contributed by atoms with Crippen LogP contribution in [0.4, 0.5) is 13.2 Å². The summed E-state index contributed by atoms with van der Waals surface area (Å²) in [6, 6.07) is 11.6. The van der Waals surface area contributed by atoms with Gasteiger partial charge in [0.2, 0.25) is 0 Å². The van der Waals surface area contributed by atoms with Crippen molar-refractivity contribution in [2.24, 2.45) is 0 Å². The van der Waals surface area contributed by atoms with E-state index in [1.165, 1.54) is 10.7 Å². The largest absolute Gasteiger partial charge is 0.416 e. The molecule has 1 aliphatic rings. The number of piperidine rings is 1. The molecule has 1 aliphatic heterocycles. The topological polar surface area (TPSA) is 110 Å². The van der Waals surface area contributed by atoms with Gasteiger partial charge >= 0.3 is 6.18 Å². The van der Waals surface area contributed by atoms with Crippen molar-refractivity contribution in [3.05, 3.63) is 70.8 Å². The van der Waals surface area contributed by atoms with Crippen LogP contribution in [0.1, 0.15) is 47.3 Å². The van der Waals surface area contributed by atoms with E-state index in [0.717, 1.165) is 31.0 Å². The van der Waals surface area contributed by atoms with Gasteiger partial charge in [-0.3, -0.25) is 0 Å². The molecule has 0 amide bonds. The van der Waals surface area contributed by atoms with Gasteiger partial charge in [0.25, 0.3) is 0 Å². The van der Waals surface area contributed by atoms with Gasteiger partial charge < -0.3 is 15.0 Å². The fraction of sp³-hybridized carbons (Fsp3) is 0.444. The lowest BCUT2D eigenvalue weighted by atomic mass is 9.89. The minimum atomic E-state index is -4.61. The van der Waals surface area contributed by atoms with Crippen LogP contribution in [0.25, 0.3) is 16.8 Å². The third-order valence-electron chi connectivity index (χ3n) is 6.89. The highest BCUT2D eigenvalue weighted by Crippen LogP contribution is 2.42. The van der Waals surface area contributed by atoms with Gasteiger partial charge in [0.1, 0.15) is 0 Å². The summed E-state index contributed by atoms with van der Waals surface area (Å²) in [5.41, 5.74) is 2.44. The Bertz CT molecular complexity index is 1410. The van der Waals surface area contributed by atoms with E-state index in [1.807, 2.05) is 49.3 Å². The van der Waals surface area contributed by atoms with Gasteiger partial charge in [0, 0.05) is 25.1 Å². The SMILES string of the molecule is Cc1nnnn1-c1cc(C(F)(F)F)cc(C(Cc2n[nH]nc2CN(C)C)OC2CCCNC2)c1-c1ccccc1. The molecule has 40 heavy (non-hydrogen) atoms. The second-order valence-electron chi connectivity index (χ2n) is 10.2. The lowest BCUT2D eigenvalue weighted by Gasteiger charge is -2.30. The second-order valence-corrected chi connectivity index (χ2v) is 10.2. The van der Waals surface area contributed by atoms with Crippen molar-refractivity contribution < 1.29 is 17.9 Å². The number of aromatic nitrogens is 7. The average molecular weight is 556 g/mol. The van der Waals surface area contributed by atoms with Crippen LogP contribution in [0, 0.1) is 6.92 Å². The Labute approximate surface area is 229 Å². The van der Waals surface area contributed by atoms with Gasteiger partial charge in [0.05, 0.1) is 34.8 Å². The van der Waals surface area contributed by atoms with E-state index in [-0.39, 0.29) is 18.2 Å². The fourth-order valence-corrected chi connectivity index (χ4v) is 5.05. The van der Waals surface area contributed by atoms with E-state index in [0.29, 0.717) is 41.4 Å². The standard InChI is InChI=1S/C27H32F3N9O/c1-17-32-36-37-39(17)24-13-19(27(28,29)30)12-21(26(24)18-8-5-4-6-9-18)25(40-20-10-7-11-31-15-20)14-22-23(16-38(2)3)34-35-33-22/h4-6,8-9,12-13,20,25,31H,7,10-11,14-16H2,1-3H3,(H,33,34,35). The lowest BCUT2D eigenvalue weighted by Crippen LogP contribution is -2.36. The maximum Gasteiger partial charge on any atom is 0.416 e. The summed E-state index contributed by atoms with van der Waals surface area (Å²) in [6.07, 6.45) is -3.61. The van der Waals surface area contributed by atoms with Crippen LogP contribution in [0.3, 0.4) is 0 Å². The predicted molar refractivity (Wildman–Crippen MR) is 142 cm³/mol. The summed E-state index contributed by atoms with van der Waals surface area (Å²) in [6.45, 7) is 3.66. The molecule has 2 unspecified atom stereocenters. The minimum Gasteiger partial charge on any atom is -0.369 e. The molecule has 10 nitrogen and oxygen atoms in total. The zero-order chi connectivity index (χ0) is 28.3. The predicted octanol–water partition coefficient (Wildman–Crippen LogP) is 3.89. The molecule has 0 saturated carbocycles. The molecular weight excluding hydrogens is 523 g/mol. The average Bonchev–Trinajstić information content (AvgIpc) is 3.56. The number of rotatable bonds is 9. The number of hydrogen-bond acceptors (Lipinski definition) is 8. The Morgan fingerprint density at radius 3 is 2.55 bits per heavy atom. The number of aromatic amines is 1. The highest BCUT2D eigenvalue weighted by atomic mass is 19.4. The number of hydrogen-bond donors (Lipinski definition) is 2. The van der Waals surface area contributed by atoms with Crippen LogP contribution < -0.4 is 5.32 Å². The number of halogens is 3.